The van der Waals surface area contributed by atoms with Crippen molar-refractivity contribution in [2.24, 2.45) is 35.6 Å². The molecule has 4 aliphatic carbocycles. The van der Waals surface area contributed by atoms with E-state index < -0.39 is 17.1 Å². The monoisotopic (exact) mass is 585 g/mol. The number of Topliss-reactive ketones (excluding diaryl/α,β-unsaturated/α-hetero) is 1. The molecule has 0 spiro atoms. The van der Waals surface area contributed by atoms with Crippen LogP contribution in [-0.2, 0) is 24.8 Å². The number of carbonyl (C=O) groups excluding carboxylic acids is 1. The molecule has 0 bridgehead atoms. The molecule has 3 saturated carbocycles. The SMILES string of the molecule is Cn1c(SCC(=O)C2(O)CCC3C4CCC5=Cc6c(cnn6CCC#N)CC5(C)C4C(O)CC32C)nc2ccccc21. The van der Waals surface area contributed by atoms with Crippen LogP contribution in [0.5, 0.6) is 0 Å². The van der Waals surface area contributed by atoms with Gasteiger partial charge in [0.25, 0.3) is 0 Å². The number of fused-ring (bicyclic) bond motifs is 7. The molecule has 0 radical (unpaired) electrons. The van der Waals surface area contributed by atoms with Gasteiger partial charge in [-0.1, -0.05) is 43.3 Å². The Morgan fingerprint density at radius 3 is 2.86 bits per heavy atom. The molecule has 3 fully saturated rings. The van der Waals surface area contributed by atoms with Crippen LogP contribution >= 0.6 is 11.8 Å². The van der Waals surface area contributed by atoms with E-state index in [0.717, 1.165) is 47.6 Å². The fourth-order valence-electron chi connectivity index (χ4n) is 9.54. The molecule has 4 aliphatic rings. The van der Waals surface area contributed by atoms with Gasteiger partial charge in [0.15, 0.2) is 10.9 Å². The molecule has 2 heterocycles. The lowest BCUT2D eigenvalue weighted by Crippen LogP contribution is -2.62. The van der Waals surface area contributed by atoms with E-state index in [9.17, 15) is 15.0 Å². The average molecular weight is 586 g/mol. The number of aliphatic hydroxyl groups is 2. The van der Waals surface area contributed by atoms with Gasteiger partial charge in [0, 0.05) is 12.5 Å². The molecular weight excluding hydrogens is 546 g/mol. The van der Waals surface area contributed by atoms with Crippen LogP contribution in [0.3, 0.4) is 0 Å². The van der Waals surface area contributed by atoms with E-state index in [1.807, 2.05) is 46.8 Å². The number of nitrogens with zero attached hydrogens (tertiary/aromatic N) is 5. The molecule has 3 aromatic rings. The summed E-state index contributed by atoms with van der Waals surface area (Å²) in [6, 6.07) is 10.1. The summed E-state index contributed by atoms with van der Waals surface area (Å²) in [4.78, 5) is 18.6. The maximum atomic E-state index is 13.9. The van der Waals surface area contributed by atoms with E-state index >= 15 is 0 Å². The number of nitriles is 1. The summed E-state index contributed by atoms with van der Waals surface area (Å²) in [5, 5.41) is 38.5. The number of hydrogen-bond acceptors (Lipinski definition) is 7. The number of rotatable bonds is 6. The third-order valence-electron chi connectivity index (χ3n) is 11.6. The number of benzene rings is 1. The van der Waals surface area contributed by atoms with Gasteiger partial charge in [-0.15, -0.1) is 0 Å². The number of imidazole rings is 1. The van der Waals surface area contributed by atoms with Crippen molar-refractivity contribution in [2.75, 3.05) is 5.75 Å². The third kappa shape index (κ3) is 3.84. The molecule has 7 rings (SSSR count). The molecule has 2 aromatic heterocycles. The zero-order valence-corrected chi connectivity index (χ0v) is 25.4. The van der Waals surface area contributed by atoms with E-state index in [-0.39, 0.29) is 34.7 Å². The third-order valence-corrected chi connectivity index (χ3v) is 12.7. The van der Waals surface area contributed by atoms with Crippen molar-refractivity contribution in [2.45, 2.75) is 82.2 Å². The van der Waals surface area contributed by atoms with Crippen LogP contribution in [0.25, 0.3) is 17.1 Å². The second-order valence-corrected chi connectivity index (χ2v) is 14.5. The van der Waals surface area contributed by atoms with Gasteiger partial charge in [-0.05, 0) is 85.5 Å². The predicted octanol–water partition coefficient (Wildman–Crippen LogP) is 4.93. The Bertz CT molecular complexity index is 1650. The smallest absolute Gasteiger partial charge is 0.175 e. The van der Waals surface area contributed by atoms with Crippen molar-refractivity contribution >= 4 is 34.7 Å². The molecule has 1 aromatic carbocycles. The van der Waals surface area contributed by atoms with Crippen LogP contribution in [0.1, 0.15) is 63.6 Å². The van der Waals surface area contributed by atoms with Crippen LogP contribution in [0.4, 0.5) is 0 Å². The molecule has 42 heavy (non-hydrogen) atoms. The van der Waals surface area contributed by atoms with Gasteiger partial charge < -0.3 is 14.8 Å². The van der Waals surface area contributed by atoms with Crippen molar-refractivity contribution in [3.05, 3.63) is 47.3 Å². The highest BCUT2D eigenvalue weighted by Gasteiger charge is 2.68. The van der Waals surface area contributed by atoms with Crippen molar-refractivity contribution in [3.63, 3.8) is 0 Å². The summed E-state index contributed by atoms with van der Waals surface area (Å²) in [7, 11) is 1.96. The van der Waals surface area contributed by atoms with Crippen LogP contribution in [0.2, 0.25) is 0 Å². The number of aliphatic hydroxyl groups excluding tert-OH is 1. The average Bonchev–Trinajstić information content (AvgIpc) is 3.60. The Kier molecular flexibility index (Phi) is 6.50. The Balaban J connectivity index is 1.13. The lowest BCUT2D eigenvalue weighted by Gasteiger charge is -2.60. The summed E-state index contributed by atoms with van der Waals surface area (Å²) < 4.78 is 3.95. The molecule has 7 unspecified atom stereocenters. The number of thioether (sulfide) groups is 1. The normalized spacial score (nSPS) is 35.1. The molecule has 0 amide bonds. The first kappa shape index (κ1) is 27.9. The zero-order valence-electron chi connectivity index (χ0n) is 24.6. The number of ketones is 1. The number of hydrogen-bond donors (Lipinski definition) is 2. The number of para-hydroxylation sites is 2. The van der Waals surface area contributed by atoms with Crippen molar-refractivity contribution < 1.29 is 15.0 Å². The van der Waals surface area contributed by atoms with Gasteiger partial charge in [-0.2, -0.15) is 10.4 Å². The second-order valence-electron chi connectivity index (χ2n) is 13.5. The Labute approximate surface area is 250 Å². The van der Waals surface area contributed by atoms with Crippen molar-refractivity contribution in [3.8, 4) is 6.07 Å². The predicted molar refractivity (Wildman–Crippen MR) is 161 cm³/mol. The van der Waals surface area contributed by atoms with E-state index in [1.165, 1.54) is 22.9 Å². The molecule has 8 nitrogen and oxygen atoms in total. The summed E-state index contributed by atoms with van der Waals surface area (Å²) in [5.41, 5.74) is 3.23. The minimum atomic E-state index is -1.46. The Morgan fingerprint density at radius 1 is 1.26 bits per heavy atom. The first-order valence-corrected chi connectivity index (χ1v) is 16.2. The molecule has 0 aliphatic heterocycles. The minimum Gasteiger partial charge on any atom is -0.393 e. The standard InChI is InChI=1S/C33H39N5O3S/c1-31-16-20-18-35-38(14-6-13-34)26(20)15-21(31)9-10-22-23-11-12-33(41,32(23,2)17-27(39)29(22)31)28(40)19-42-30-36-24-7-4-5-8-25(24)37(30)3/h4-5,7-8,15,18,22-23,27,29,39,41H,6,9-12,14,16-17,19H2,1-3H3. The van der Waals surface area contributed by atoms with Gasteiger partial charge in [-0.3, -0.25) is 9.48 Å². The zero-order chi connectivity index (χ0) is 29.4. The van der Waals surface area contributed by atoms with Gasteiger partial charge in [0.1, 0.15) is 5.60 Å². The number of carbonyl (C=O) groups is 1. The summed E-state index contributed by atoms with van der Waals surface area (Å²) >= 11 is 1.39. The van der Waals surface area contributed by atoms with Crippen molar-refractivity contribution in [1.29, 1.82) is 5.26 Å². The number of aromatic nitrogens is 4. The molecule has 0 saturated heterocycles. The second kappa shape index (κ2) is 9.80. The summed E-state index contributed by atoms with van der Waals surface area (Å²) in [6.07, 6.45) is 8.41. The highest BCUT2D eigenvalue weighted by Crippen LogP contribution is 2.67. The van der Waals surface area contributed by atoms with E-state index in [4.69, 9.17) is 10.2 Å². The lowest BCUT2D eigenvalue weighted by atomic mass is 9.45. The molecule has 7 atom stereocenters. The minimum absolute atomic E-state index is 0.0676. The first-order chi connectivity index (χ1) is 20.1. The van der Waals surface area contributed by atoms with Gasteiger partial charge in [-0.25, -0.2) is 4.98 Å². The van der Waals surface area contributed by atoms with Crippen LogP contribution in [0, 0.1) is 39.9 Å². The van der Waals surface area contributed by atoms with Crippen LogP contribution in [0.15, 0.2) is 41.2 Å². The largest absolute Gasteiger partial charge is 0.393 e. The Morgan fingerprint density at radius 2 is 2.07 bits per heavy atom. The fourth-order valence-corrected chi connectivity index (χ4v) is 10.5. The molecule has 2 N–H and O–H groups in total. The number of allylic oxidation sites excluding steroid dienone is 1. The topological polar surface area (TPSA) is 117 Å². The van der Waals surface area contributed by atoms with Crippen molar-refractivity contribution in [1.82, 2.24) is 19.3 Å². The fraction of sp³-hybridized carbons (Fsp3) is 0.576. The van der Waals surface area contributed by atoms with Crippen LogP contribution in [-0.4, -0.2) is 52.8 Å². The Hall–Kier alpha value is -2.93. The molecule has 9 heteroatoms. The molecule has 220 valence electrons. The van der Waals surface area contributed by atoms with Gasteiger partial charge >= 0.3 is 0 Å². The van der Waals surface area contributed by atoms with Crippen LogP contribution < -0.4 is 0 Å². The summed E-state index contributed by atoms with van der Waals surface area (Å²) in [6.45, 7) is 4.95. The first-order valence-electron chi connectivity index (χ1n) is 15.2. The van der Waals surface area contributed by atoms with Gasteiger partial charge in [0.05, 0.1) is 53.8 Å². The van der Waals surface area contributed by atoms with E-state index in [0.29, 0.717) is 25.8 Å². The van der Waals surface area contributed by atoms with E-state index in [2.05, 4.69) is 31.1 Å². The highest BCUT2D eigenvalue weighted by atomic mass is 32.2. The number of aryl methyl sites for hydroxylation is 2. The van der Waals surface area contributed by atoms with Gasteiger partial charge in [0.2, 0.25) is 0 Å². The quantitative estimate of drug-likeness (QED) is 0.394. The molecular formula is C33H39N5O3S. The maximum Gasteiger partial charge on any atom is 0.175 e. The van der Waals surface area contributed by atoms with E-state index in [1.54, 1.807) is 0 Å². The lowest BCUT2D eigenvalue weighted by molar-refractivity contribution is -0.177. The maximum absolute atomic E-state index is 13.9. The highest BCUT2D eigenvalue weighted by molar-refractivity contribution is 7.99. The summed E-state index contributed by atoms with van der Waals surface area (Å²) in [5.74, 6) is 0.496.